The molecule has 0 aromatic carbocycles. The lowest BCUT2D eigenvalue weighted by molar-refractivity contribution is -0.121. The van der Waals surface area contributed by atoms with Crippen molar-refractivity contribution in [1.29, 1.82) is 0 Å². The van der Waals surface area contributed by atoms with Gasteiger partial charge in [0.05, 0.1) is 0 Å². The Hall–Kier alpha value is -0.850. The second kappa shape index (κ2) is 4.91. The molecule has 0 rings (SSSR count). The zero-order valence-electron chi connectivity index (χ0n) is 8.42. The third kappa shape index (κ3) is 4.89. The average Bonchev–Trinajstić information content (AvgIpc) is 1.96. The zero-order chi connectivity index (χ0) is 9.61. The molecule has 0 fully saturated rings. The van der Waals surface area contributed by atoms with Gasteiger partial charge < -0.3 is 0 Å². The Morgan fingerprint density at radius 3 is 2.25 bits per heavy atom. The van der Waals surface area contributed by atoms with Crippen LogP contribution in [0, 0.1) is 5.41 Å². The number of hydrogen-bond acceptors (Lipinski definition) is 1. The summed E-state index contributed by atoms with van der Waals surface area (Å²) in [6.45, 7) is 7.82. The number of hydrogen-bond donors (Lipinski definition) is 0. The largest absolute Gasteiger partial charge is 0.294 e. The Balaban J connectivity index is 4.01. The van der Waals surface area contributed by atoms with Gasteiger partial charge in [0.25, 0.3) is 0 Å². The number of carbonyl (C=O) groups excluding carboxylic acids is 1. The van der Waals surface area contributed by atoms with Crippen molar-refractivity contribution in [2.45, 2.75) is 34.1 Å². The lowest BCUT2D eigenvalue weighted by Gasteiger charge is -2.12. The van der Waals surface area contributed by atoms with E-state index in [4.69, 9.17) is 0 Å². The van der Waals surface area contributed by atoms with E-state index in [-0.39, 0.29) is 11.2 Å². The Kier molecular flexibility index (Phi) is 4.57. The molecular weight excluding hydrogens is 148 g/mol. The van der Waals surface area contributed by atoms with E-state index >= 15 is 0 Å². The van der Waals surface area contributed by atoms with E-state index in [1.165, 1.54) is 0 Å². The van der Waals surface area contributed by atoms with E-state index in [2.05, 4.69) is 6.92 Å². The van der Waals surface area contributed by atoms with E-state index < -0.39 is 0 Å². The van der Waals surface area contributed by atoms with Gasteiger partial charge in [-0.1, -0.05) is 45.9 Å². The van der Waals surface area contributed by atoms with Crippen LogP contribution >= 0.6 is 0 Å². The number of rotatable bonds is 3. The number of ketones is 1. The van der Waals surface area contributed by atoms with Gasteiger partial charge in [-0.3, -0.25) is 4.79 Å². The summed E-state index contributed by atoms with van der Waals surface area (Å²) in [6, 6.07) is 0. The summed E-state index contributed by atoms with van der Waals surface area (Å²) >= 11 is 0. The first-order chi connectivity index (χ1) is 5.48. The second-order valence-electron chi connectivity index (χ2n) is 3.81. The Morgan fingerprint density at radius 2 is 1.83 bits per heavy atom. The normalized spacial score (nSPS) is 13.0. The quantitative estimate of drug-likeness (QED) is 0.465. The molecule has 68 valence electrons. The lowest BCUT2D eigenvalue weighted by atomic mass is 9.91. The second-order valence-corrected chi connectivity index (χ2v) is 3.81. The Labute approximate surface area is 75.2 Å². The van der Waals surface area contributed by atoms with Crippen molar-refractivity contribution < 1.29 is 4.79 Å². The van der Waals surface area contributed by atoms with Crippen molar-refractivity contribution in [1.82, 2.24) is 0 Å². The van der Waals surface area contributed by atoms with Crippen LogP contribution in [0.3, 0.4) is 0 Å². The molecule has 0 aliphatic heterocycles. The van der Waals surface area contributed by atoms with Gasteiger partial charge in [-0.05, 0) is 12.5 Å². The van der Waals surface area contributed by atoms with E-state index in [1.807, 2.05) is 32.9 Å². The van der Waals surface area contributed by atoms with Crippen molar-refractivity contribution in [3.63, 3.8) is 0 Å². The van der Waals surface area contributed by atoms with E-state index in [0.717, 1.165) is 6.42 Å². The molecule has 0 saturated heterocycles. The third-order valence-electron chi connectivity index (χ3n) is 1.47. The van der Waals surface area contributed by atoms with Crippen molar-refractivity contribution in [3.8, 4) is 0 Å². The fourth-order valence-electron chi connectivity index (χ4n) is 0.608. The molecule has 0 atom stereocenters. The maximum absolute atomic E-state index is 11.3. The predicted molar refractivity (Wildman–Crippen MR) is 53.0 cm³/mol. The predicted octanol–water partition coefficient (Wildman–Crippen LogP) is 3.12. The molecule has 0 aliphatic carbocycles. The first-order valence-electron chi connectivity index (χ1n) is 4.36. The fraction of sp³-hybridized carbons (Fsp3) is 0.545. The standard InChI is InChI=1S/C11H18O/c1-5-6-7-8-9-10(12)11(2,3)4/h6-9H,5H2,1-4H3/b7-6+,9-8+. The van der Waals surface area contributed by atoms with Gasteiger partial charge >= 0.3 is 0 Å². The summed E-state index contributed by atoms with van der Waals surface area (Å²) in [6.07, 6.45) is 8.37. The van der Waals surface area contributed by atoms with Crippen LogP contribution in [0.1, 0.15) is 34.1 Å². The highest BCUT2D eigenvalue weighted by atomic mass is 16.1. The molecule has 0 unspecified atom stereocenters. The highest BCUT2D eigenvalue weighted by molar-refractivity contribution is 5.94. The Bertz CT molecular complexity index is 192. The molecule has 0 spiro atoms. The minimum absolute atomic E-state index is 0.170. The lowest BCUT2D eigenvalue weighted by Crippen LogP contribution is -2.17. The first kappa shape index (κ1) is 11.2. The molecule has 1 heteroatoms. The van der Waals surface area contributed by atoms with Crippen LogP contribution in [0.25, 0.3) is 0 Å². The van der Waals surface area contributed by atoms with Gasteiger partial charge in [0.1, 0.15) is 0 Å². The Morgan fingerprint density at radius 1 is 1.25 bits per heavy atom. The van der Waals surface area contributed by atoms with Crippen LogP contribution in [-0.4, -0.2) is 5.78 Å². The highest BCUT2D eigenvalue weighted by Gasteiger charge is 2.17. The zero-order valence-corrected chi connectivity index (χ0v) is 8.42. The first-order valence-corrected chi connectivity index (χ1v) is 4.36. The van der Waals surface area contributed by atoms with Crippen LogP contribution in [0.15, 0.2) is 24.3 Å². The number of carbonyl (C=O) groups is 1. The molecule has 0 bridgehead atoms. The summed E-state index contributed by atoms with van der Waals surface area (Å²) in [5, 5.41) is 0. The van der Waals surface area contributed by atoms with Gasteiger partial charge in [-0.2, -0.15) is 0 Å². The fourth-order valence-corrected chi connectivity index (χ4v) is 0.608. The van der Waals surface area contributed by atoms with Gasteiger partial charge in [-0.15, -0.1) is 0 Å². The van der Waals surface area contributed by atoms with E-state index in [0.29, 0.717) is 0 Å². The minimum atomic E-state index is -0.253. The van der Waals surface area contributed by atoms with Crippen LogP contribution in [0.2, 0.25) is 0 Å². The smallest absolute Gasteiger partial charge is 0.160 e. The van der Waals surface area contributed by atoms with E-state index in [1.54, 1.807) is 12.2 Å². The van der Waals surface area contributed by atoms with Gasteiger partial charge in [0.2, 0.25) is 0 Å². The molecule has 1 nitrogen and oxygen atoms in total. The van der Waals surface area contributed by atoms with Crippen molar-refractivity contribution in [2.75, 3.05) is 0 Å². The molecule has 12 heavy (non-hydrogen) atoms. The molecule has 0 heterocycles. The molecule has 0 saturated carbocycles. The van der Waals surface area contributed by atoms with Crippen LogP contribution < -0.4 is 0 Å². The molecular formula is C11H18O. The van der Waals surface area contributed by atoms with Crippen LogP contribution in [0.4, 0.5) is 0 Å². The molecule has 0 aliphatic rings. The molecule has 0 N–H and O–H groups in total. The monoisotopic (exact) mass is 166 g/mol. The van der Waals surface area contributed by atoms with E-state index in [9.17, 15) is 4.79 Å². The van der Waals surface area contributed by atoms with Crippen LogP contribution in [-0.2, 0) is 4.79 Å². The third-order valence-corrected chi connectivity index (χ3v) is 1.47. The van der Waals surface area contributed by atoms with Gasteiger partial charge in [0, 0.05) is 5.41 Å². The van der Waals surface area contributed by atoms with Crippen LogP contribution in [0.5, 0.6) is 0 Å². The molecule has 0 aromatic rings. The summed E-state index contributed by atoms with van der Waals surface area (Å²) in [5.74, 6) is 0.170. The maximum atomic E-state index is 11.3. The van der Waals surface area contributed by atoms with Crippen molar-refractivity contribution >= 4 is 5.78 Å². The minimum Gasteiger partial charge on any atom is -0.294 e. The summed E-state index contributed by atoms with van der Waals surface area (Å²) in [4.78, 5) is 11.3. The molecule has 0 aromatic heterocycles. The highest BCUT2D eigenvalue weighted by Crippen LogP contribution is 2.14. The maximum Gasteiger partial charge on any atom is 0.160 e. The van der Waals surface area contributed by atoms with Gasteiger partial charge in [-0.25, -0.2) is 0 Å². The topological polar surface area (TPSA) is 17.1 Å². The van der Waals surface area contributed by atoms with Crippen molar-refractivity contribution in [3.05, 3.63) is 24.3 Å². The van der Waals surface area contributed by atoms with Gasteiger partial charge in [0.15, 0.2) is 5.78 Å². The molecule has 0 amide bonds. The SMILES string of the molecule is CC/C=C/C=C/C(=O)C(C)(C)C. The summed E-state index contributed by atoms with van der Waals surface area (Å²) in [5.41, 5.74) is -0.253. The molecule has 0 radical (unpaired) electrons. The number of allylic oxidation sites excluding steroid dienone is 4. The summed E-state index contributed by atoms with van der Waals surface area (Å²) < 4.78 is 0. The average molecular weight is 166 g/mol. The van der Waals surface area contributed by atoms with Crippen molar-refractivity contribution in [2.24, 2.45) is 5.41 Å². The summed E-state index contributed by atoms with van der Waals surface area (Å²) in [7, 11) is 0.